The summed E-state index contributed by atoms with van der Waals surface area (Å²) in [6, 6.07) is 1.11. The van der Waals surface area contributed by atoms with Crippen molar-refractivity contribution in [3.8, 4) is 11.8 Å². The standard InChI is InChI=1S/C11H10N2O4S/c1-9(14)18-7-3-2-4-10-8-12(15)6-5-11(10)13(16)17/h5-6,8H,3,7H2,1H3. The second-order valence-corrected chi connectivity index (χ2v) is 4.52. The number of thioether (sulfide) groups is 1. The topological polar surface area (TPSA) is 87.2 Å². The molecule has 0 N–H and O–H groups in total. The van der Waals surface area contributed by atoms with Gasteiger partial charge in [-0.25, -0.2) is 0 Å². The molecule has 0 saturated heterocycles. The molecule has 6 nitrogen and oxygen atoms in total. The molecule has 0 radical (unpaired) electrons. The molecule has 0 bridgehead atoms. The maximum absolute atomic E-state index is 11.0. The third-order valence-electron chi connectivity index (χ3n) is 1.86. The van der Waals surface area contributed by atoms with Gasteiger partial charge in [0.1, 0.15) is 0 Å². The third-order valence-corrected chi connectivity index (χ3v) is 2.68. The van der Waals surface area contributed by atoms with Gasteiger partial charge in [0.05, 0.1) is 11.0 Å². The summed E-state index contributed by atoms with van der Waals surface area (Å²) in [7, 11) is 0. The van der Waals surface area contributed by atoms with E-state index in [1.807, 2.05) is 0 Å². The molecule has 94 valence electrons. The smallest absolute Gasteiger partial charge is 0.297 e. The van der Waals surface area contributed by atoms with Gasteiger partial charge >= 0.3 is 0 Å². The minimum atomic E-state index is -0.589. The number of rotatable bonds is 3. The summed E-state index contributed by atoms with van der Waals surface area (Å²) in [5, 5.41) is 21.7. The van der Waals surface area contributed by atoms with Crippen LogP contribution in [0.25, 0.3) is 0 Å². The summed E-state index contributed by atoms with van der Waals surface area (Å²) in [5.74, 6) is 5.80. The lowest BCUT2D eigenvalue weighted by atomic mass is 10.2. The van der Waals surface area contributed by atoms with Crippen LogP contribution in [0.5, 0.6) is 0 Å². The molecular weight excluding hydrogens is 256 g/mol. The highest BCUT2D eigenvalue weighted by Gasteiger charge is 2.14. The Morgan fingerprint density at radius 1 is 1.61 bits per heavy atom. The van der Waals surface area contributed by atoms with E-state index in [0.29, 0.717) is 16.9 Å². The van der Waals surface area contributed by atoms with Gasteiger partial charge in [-0.15, -0.1) is 0 Å². The van der Waals surface area contributed by atoms with Crippen LogP contribution in [0.2, 0.25) is 0 Å². The van der Waals surface area contributed by atoms with Crippen LogP contribution in [-0.2, 0) is 4.79 Å². The van der Waals surface area contributed by atoms with Crippen LogP contribution in [0.3, 0.4) is 0 Å². The molecule has 0 aromatic carbocycles. The van der Waals surface area contributed by atoms with E-state index >= 15 is 0 Å². The number of carbonyl (C=O) groups excluding carboxylic acids is 1. The average molecular weight is 266 g/mol. The zero-order valence-electron chi connectivity index (χ0n) is 9.58. The first-order valence-electron chi connectivity index (χ1n) is 5.00. The number of nitro groups is 1. The van der Waals surface area contributed by atoms with Gasteiger partial charge in [0.2, 0.25) is 6.20 Å². The summed E-state index contributed by atoms with van der Waals surface area (Å²) < 4.78 is 0.460. The van der Waals surface area contributed by atoms with Gasteiger partial charge in [0, 0.05) is 19.1 Å². The number of nitrogens with zero attached hydrogens (tertiary/aromatic N) is 2. The molecule has 1 aromatic heterocycles. The second kappa shape index (κ2) is 6.61. The third kappa shape index (κ3) is 4.43. The van der Waals surface area contributed by atoms with Crippen molar-refractivity contribution in [2.24, 2.45) is 0 Å². The molecule has 1 rings (SSSR count). The van der Waals surface area contributed by atoms with E-state index in [9.17, 15) is 20.1 Å². The van der Waals surface area contributed by atoms with Gasteiger partial charge in [-0.3, -0.25) is 14.9 Å². The predicted octanol–water partition coefficient (Wildman–Crippen LogP) is 1.25. The van der Waals surface area contributed by atoms with Crippen LogP contribution in [0, 0.1) is 27.2 Å². The Morgan fingerprint density at radius 3 is 2.94 bits per heavy atom. The minimum absolute atomic E-state index is 0.000100. The fourth-order valence-electron chi connectivity index (χ4n) is 1.13. The quantitative estimate of drug-likeness (QED) is 0.205. The molecule has 0 atom stereocenters. The molecule has 0 amide bonds. The number of carbonyl (C=O) groups is 1. The van der Waals surface area contributed by atoms with E-state index in [1.165, 1.54) is 6.92 Å². The molecule has 0 fully saturated rings. The molecule has 18 heavy (non-hydrogen) atoms. The Balaban J connectivity index is 2.77. The zero-order valence-corrected chi connectivity index (χ0v) is 10.4. The molecule has 0 spiro atoms. The van der Waals surface area contributed by atoms with Crippen molar-refractivity contribution >= 4 is 22.6 Å². The number of pyridine rings is 1. The van der Waals surface area contributed by atoms with Gasteiger partial charge < -0.3 is 5.21 Å². The van der Waals surface area contributed by atoms with Crippen molar-refractivity contribution in [1.82, 2.24) is 0 Å². The molecule has 1 heterocycles. The summed E-state index contributed by atoms with van der Waals surface area (Å²) >= 11 is 1.14. The van der Waals surface area contributed by atoms with Gasteiger partial charge in [-0.05, 0) is 0 Å². The predicted molar refractivity (Wildman–Crippen MR) is 66.7 cm³/mol. The van der Waals surface area contributed by atoms with E-state index in [2.05, 4.69) is 11.8 Å². The maximum Gasteiger partial charge on any atom is 0.297 e. The van der Waals surface area contributed by atoms with Crippen molar-refractivity contribution in [1.29, 1.82) is 0 Å². The Labute approximate surface area is 108 Å². The molecule has 0 saturated carbocycles. The summed E-state index contributed by atoms with van der Waals surface area (Å²) in [6.45, 7) is 1.46. The van der Waals surface area contributed by atoms with Crippen LogP contribution >= 0.6 is 11.8 Å². The minimum Gasteiger partial charge on any atom is -0.619 e. The molecule has 1 aromatic rings. The summed E-state index contributed by atoms with van der Waals surface area (Å²) in [5.41, 5.74) is -0.126. The lowest BCUT2D eigenvalue weighted by molar-refractivity contribution is -0.606. The van der Waals surface area contributed by atoms with Crippen molar-refractivity contribution in [3.63, 3.8) is 0 Å². The normalized spacial score (nSPS) is 9.39. The molecule has 7 heteroatoms. The van der Waals surface area contributed by atoms with E-state index in [0.717, 1.165) is 30.2 Å². The largest absolute Gasteiger partial charge is 0.619 e. The molecule has 0 unspecified atom stereocenters. The Hall–Kier alpha value is -2.07. The lowest BCUT2D eigenvalue weighted by Gasteiger charge is -1.96. The Kier molecular flexibility index (Phi) is 5.14. The average Bonchev–Trinajstić information content (AvgIpc) is 2.27. The molecular formula is C11H10N2O4S. The number of hydrogen-bond donors (Lipinski definition) is 0. The molecule has 0 aliphatic rings. The van der Waals surface area contributed by atoms with Crippen LogP contribution in [0.4, 0.5) is 5.69 Å². The maximum atomic E-state index is 11.0. The van der Waals surface area contributed by atoms with Gasteiger partial charge in [0.25, 0.3) is 5.69 Å². The van der Waals surface area contributed by atoms with E-state index in [1.54, 1.807) is 0 Å². The van der Waals surface area contributed by atoms with Crippen molar-refractivity contribution in [3.05, 3.63) is 39.3 Å². The van der Waals surface area contributed by atoms with Crippen LogP contribution < -0.4 is 4.73 Å². The molecule has 0 aliphatic heterocycles. The fourth-order valence-corrected chi connectivity index (χ4v) is 1.62. The number of aromatic nitrogens is 1. The lowest BCUT2D eigenvalue weighted by Crippen LogP contribution is -2.25. The van der Waals surface area contributed by atoms with Crippen molar-refractivity contribution in [2.45, 2.75) is 13.3 Å². The van der Waals surface area contributed by atoms with Crippen LogP contribution in [0.1, 0.15) is 18.9 Å². The first kappa shape index (κ1) is 14.0. The van der Waals surface area contributed by atoms with Crippen LogP contribution in [0.15, 0.2) is 18.5 Å². The monoisotopic (exact) mass is 266 g/mol. The fraction of sp³-hybridized carbons (Fsp3) is 0.273. The van der Waals surface area contributed by atoms with Gasteiger partial charge in [-0.1, -0.05) is 23.6 Å². The van der Waals surface area contributed by atoms with Gasteiger partial charge in [-0.2, -0.15) is 4.73 Å². The highest BCUT2D eigenvalue weighted by Crippen LogP contribution is 2.14. The first-order chi connectivity index (χ1) is 8.50. The van der Waals surface area contributed by atoms with E-state index < -0.39 is 4.92 Å². The SMILES string of the molecule is CC(=O)SCCC#Cc1c[n+]([O-])ccc1[N+](=O)[O-]. The zero-order chi connectivity index (χ0) is 13.5. The number of hydrogen-bond acceptors (Lipinski definition) is 5. The van der Waals surface area contributed by atoms with Crippen molar-refractivity contribution in [2.75, 3.05) is 5.75 Å². The summed E-state index contributed by atoms with van der Waals surface area (Å²) in [6.07, 6.45) is 2.54. The highest BCUT2D eigenvalue weighted by atomic mass is 32.2. The second-order valence-electron chi connectivity index (χ2n) is 3.25. The van der Waals surface area contributed by atoms with Crippen LogP contribution in [-0.4, -0.2) is 15.8 Å². The first-order valence-corrected chi connectivity index (χ1v) is 5.98. The molecule has 0 aliphatic carbocycles. The highest BCUT2D eigenvalue weighted by molar-refractivity contribution is 8.13. The Morgan fingerprint density at radius 2 is 2.33 bits per heavy atom. The van der Waals surface area contributed by atoms with E-state index in [-0.39, 0.29) is 16.4 Å². The Bertz CT molecular complexity index is 534. The van der Waals surface area contributed by atoms with Crippen molar-refractivity contribution < 1.29 is 14.4 Å². The van der Waals surface area contributed by atoms with E-state index in [4.69, 9.17) is 0 Å². The summed E-state index contributed by atoms with van der Waals surface area (Å²) in [4.78, 5) is 20.7. The van der Waals surface area contributed by atoms with Gasteiger partial charge in [0.15, 0.2) is 16.9 Å².